The van der Waals surface area contributed by atoms with Crippen LogP contribution in [0.2, 0.25) is 0 Å². The molecule has 0 N–H and O–H groups in total. The number of alkyl halides is 3. The molecule has 11 heavy (non-hydrogen) atoms. The van der Waals surface area contributed by atoms with E-state index in [1.165, 1.54) is 0 Å². The fraction of sp³-hybridized carbons (Fsp3) is 0.500. The fourth-order valence-electron chi connectivity index (χ4n) is 0.106. The van der Waals surface area contributed by atoms with Crippen LogP contribution >= 0.6 is 0 Å². The van der Waals surface area contributed by atoms with E-state index in [1.54, 1.807) is 4.40 Å². The zero-order chi connectivity index (χ0) is 8.41. The van der Waals surface area contributed by atoms with Crippen LogP contribution in [-0.4, -0.2) is 19.9 Å². The molecule has 0 bridgehead atoms. The molecule has 0 aliphatic rings. The summed E-state index contributed by atoms with van der Waals surface area (Å²) < 4.78 is 54.7. The van der Waals surface area contributed by atoms with E-state index < -0.39 is 15.5 Å². The first-order valence-electron chi connectivity index (χ1n) is 1.73. The molecular weight excluding hydrogens is 196 g/mol. The topological polar surface area (TPSA) is 68.8 Å². The molecule has 0 fully saturated rings. The Balaban J connectivity index is 0. The minimum Gasteiger partial charge on any atom is -0.422 e. The van der Waals surface area contributed by atoms with Crippen LogP contribution in [0.1, 0.15) is 0 Å². The Bertz CT molecular complexity index is 264. The predicted octanol–water partition coefficient (Wildman–Crippen LogP) is -2.42. The van der Waals surface area contributed by atoms with Gasteiger partial charge in [0, 0.05) is 0 Å². The van der Waals surface area contributed by atoms with Gasteiger partial charge in [0.25, 0.3) is 10.0 Å². The molecule has 0 saturated carbocycles. The van der Waals surface area contributed by atoms with Gasteiger partial charge < -0.3 is 9.81 Å². The quantitative estimate of drug-likeness (QED) is 0.346. The molecule has 0 heterocycles. The average Bonchev–Trinajstić information content (AvgIpc) is 1.61. The van der Waals surface area contributed by atoms with Crippen molar-refractivity contribution in [1.29, 1.82) is 0 Å². The average molecular weight is 196 g/mol. The zero-order valence-corrected chi connectivity index (χ0v) is 8.07. The first-order chi connectivity index (χ1) is 4.31. The van der Waals surface area contributed by atoms with Crippen LogP contribution < -0.4 is 29.6 Å². The molecular formula is C2F3N2NaO2S. The Hall–Kier alpha value is 0.120. The van der Waals surface area contributed by atoms with Crippen molar-refractivity contribution < 1.29 is 51.1 Å². The molecule has 0 saturated heterocycles. The second kappa shape index (κ2) is 4.22. The van der Waals surface area contributed by atoms with Crippen molar-refractivity contribution in [3.8, 4) is 0 Å². The normalized spacial score (nSPS) is 11.2. The van der Waals surface area contributed by atoms with Gasteiger partial charge in [-0.15, -0.1) is 6.01 Å². The van der Waals surface area contributed by atoms with Crippen LogP contribution in [0.25, 0.3) is 5.41 Å². The number of nitrogens with zero attached hydrogens (tertiary/aromatic N) is 2. The second-order valence-corrected chi connectivity index (χ2v) is 2.71. The number of rotatable bonds is 1. The molecule has 0 aromatic heterocycles. The van der Waals surface area contributed by atoms with Gasteiger partial charge in [0.15, 0.2) is 0 Å². The summed E-state index contributed by atoms with van der Waals surface area (Å²) >= 11 is 0. The molecule has 0 aromatic rings. The molecule has 58 valence electrons. The Morgan fingerprint density at radius 3 is 1.82 bits per heavy atom. The maximum atomic E-state index is 11.2. The van der Waals surface area contributed by atoms with Crippen molar-refractivity contribution in [3.05, 3.63) is 5.41 Å². The van der Waals surface area contributed by atoms with Gasteiger partial charge in [-0.3, -0.25) is 0 Å². The third-order valence-corrected chi connectivity index (χ3v) is 1.36. The van der Waals surface area contributed by atoms with Crippen LogP contribution in [0.3, 0.4) is 0 Å². The van der Waals surface area contributed by atoms with E-state index in [1.807, 2.05) is 0 Å². The summed E-state index contributed by atoms with van der Waals surface area (Å²) in [6, 6.07) is 0.532. The second-order valence-electron chi connectivity index (χ2n) is 1.11. The van der Waals surface area contributed by atoms with E-state index in [4.69, 9.17) is 5.41 Å². The van der Waals surface area contributed by atoms with E-state index in [-0.39, 0.29) is 29.6 Å². The van der Waals surface area contributed by atoms with Crippen molar-refractivity contribution >= 4 is 16.0 Å². The SMILES string of the molecule is [N-]=C=NS(=O)(=O)C(F)(F)F.[Na+]. The van der Waals surface area contributed by atoms with Crippen LogP contribution in [-0.2, 0) is 10.0 Å². The van der Waals surface area contributed by atoms with Crippen LogP contribution in [0.4, 0.5) is 13.2 Å². The fourth-order valence-corrected chi connectivity index (χ4v) is 0.317. The van der Waals surface area contributed by atoms with E-state index in [9.17, 15) is 21.6 Å². The van der Waals surface area contributed by atoms with Crippen LogP contribution in [0, 0.1) is 0 Å². The molecule has 9 heteroatoms. The summed E-state index contributed by atoms with van der Waals surface area (Å²) in [7, 11) is -5.58. The van der Waals surface area contributed by atoms with Gasteiger partial charge in [-0.05, 0) is 0 Å². The summed E-state index contributed by atoms with van der Waals surface area (Å²) in [5.74, 6) is 0. The van der Waals surface area contributed by atoms with Gasteiger partial charge >= 0.3 is 35.1 Å². The summed E-state index contributed by atoms with van der Waals surface area (Å²) in [5, 5.41) is 7.47. The third-order valence-electron chi connectivity index (χ3n) is 0.453. The standard InChI is InChI=1S/C2F3N2O2S.Na/c3-2(4,5)10(8,9)7-1-6;/q-1;+1. The Morgan fingerprint density at radius 2 is 1.73 bits per heavy atom. The van der Waals surface area contributed by atoms with Crippen molar-refractivity contribution in [2.24, 2.45) is 4.40 Å². The van der Waals surface area contributed by atoms with Crippen LogP contribution in [0.15, 0.2) is 4.40 Å². The van der Waals surface area contributed by atoms with Crippen molar-refractivity contribution in [3.63, 3.8) is 0 Å². The maximum absolute atomic E-state index is 11.2. The van der Waals surface area contributed by atoms with Crippen molar-refractivity contribution in [2.45, 2.75) is 5.51 Å². The number of hydrogen-bond acceptors (Lipinski definition) is 2. The summed E-state index contributed by atoms with van der Waals surface area (Å²) in [5.41, 5.74) is -5.47. The molecule has 0 amide bonds. The molecule has 4 nitrogen and oxygen atoms in total. The van der Waals surface area contributed by atoms with Crippen molar-refractivity contribution in [2.75, 3.05) is 0 Å². The molecule has 0 atom stereocenters. The van der Waals surface area contributed by atoms with Gasteiger partial charge in [-0.1, -0.05) is 0 Å². The predicted molar refractivity (Wildman–Crippen MR) is 25.8 cm³/mol. The minimum absolute atomic E-state index is 0. The monoisotopic (exact) mass is 196 g/mol. The summed E-state index contributed by atoms with van der Waals surface area (Å²) in [6.45, 7) is 0. The van der Waals surface area contributed by atoms with Crippen molar-refractivity contribution in [1.82, 2.24) is 0 Å². The number of hydrogen-bond donors (Lipinski definition) is 0. The van der Waals surface area contributed by atoms with E-state index >= 15 is 0 Å². The Kier molecular flexibility index (Phi) is 5.26. The molecule has 0 spiro atoms. The molecule has 0 aliphatic carbocycles. The Morgan fingerprint density at radius 1 is 1.36 bits per heavy atom. The van der Waals surface area contributed by atoms with Gasteiger partial charge in [-0.25, -0.2) is 8.42 Å². The van der Waals surface area contributed by atoms with Crippen LogP contribution in [0.5, 0.6) is 0 Å². The largest absolute Gasteiger partial charge is 1.00 e. The number of halogens is 3. The zero-order valence-electron chi connectivity index (χ0n) is 5.25. The maximum Gasteiger partial charge on any atom is 1.00 e. The summed E-state index contributed by atoms with van der Waals surface area (Å²) in [4.78, 5) is 0. The minimum atomic E-state index is -5.58. The molecule has 0 aromatic carbocycles. The van der Waals surface area contributed by atoms with Gasteiger partial charge in [0.05, 0.1) is 0 Å². The molecule has 0 rings (SSSR count). The molecule has 0 unspecified atom stereocenters. The first-order valence-corrected chi connectivity index (χ1v) is 3.17. The van der Waals surface area contributed by atoms with Gasteiger partial charge in [0.1, 0.15) is 0 Å². The molecule has 0 aliphatic heterocycles. The Labute approximate surface area is 82.4 Å². The van der Waals surface area contributed by atoms with E-state index in [0.29, 0.717) is 6.01 Å². The summed E-state index contributed by atoms with van der Waals surface area (Å²) in [6.07, 6.45) is 0. The van der Waals surface area contributed by atoms with E-state index in [0.717, 1.165) is 0 Å². The number of sulfonamides is 1. The third kappa shape index (κ3) is 3.88. The van der Waals surface area contributed by atoms with Gasteiger partial charge in [0.2, 0.25) is 0 Å². The van der Waals surface area contributed by atoms with Gasteiger partial charge in [-0.2, -0.15) is 13.2 Å². The molecule has 0 radical (unpaired) electrons. The van der Waals surface area contributed by atoms with E-state index in [2.05, 4.69) is 0 Å². The first kappa shape index (κ1) is 13.7. The smallest absolute Gasteiger partial charge is 0.422 e.